The summed E-state index contributed by atoms with van der Waals surface area (Å²) in [6, 6.07) is 18.3. The fourth-order valence-electron chi connectivity index (χ4n) is 5.83. The SMILES string of the molecule is CCOc1cc([C@H]2C(C(=O)Nc3ccc(C)cc3)=C(C)NC3=C2C(=O)C[C@H](c2ccc(OC)c(OC)c2)C3)ccc1O. The summed E-state index contributed by atoms with van der Waals surface area (Å²) in [7, 11) is 3.18. The van der Waals surface area contributed by atoms with Crippen LogP contribution in [0.5, 0.6) is 23.0 Å². The van der Waals surface area contributed by atoms with E-state index in [1.807, 2.05) is 63.2 Å². The molecular weight excluding hydrogens is 532 g/mol. The quantitative estimate of drug-likeness (QED) is 0.301. The monoisotopic (exact) mass is 568 g/mol. The Balaban J connectivity index is 1.57. The summed E-state index contributed by atoms with van der Waals surface area (Å²) in [4.78, 5) is 27.9. The van der Waals surface area contributed by atoms with E-state index in [9.17, 15) is 14.7 Å². The number of allylic oxidation sites excluding steroid dienone is 3. The van der Waals surface area contributed by atoms with Crippen LogP contribution in [0.1, 0.15) is 55.2 Å². The third kappa shape index (κ3) is 5.57. The molecule has 218 valence electrons. The molecule has 1 aliphatic heterocycles. The number of ketones is 1. The molecule has 0 radical (unpaired) electrons. The van der Waals surface area contributed by atoms with Crippen molar-refractivity contribution in [2.24, 2.45) is 0 Å². The van der Waals surface area contributed by atoms with Crippen LogP contribution in [0, 0.1) is 6.92 Å². The number of phenolic OH excluding ortho intramolecular Hbond substituents is 1. The molecule has 0 aromatic heterocycles. The number of rotatable bonds is 8. The van der Waals surface area contributed by atoms with E-state index in [1.165, 1.54) is 0 Å². The first-order valence-corrected chi connectivity index (χ1v) is 14.0. The lowest BCUT2D eigenvalue weighted by atomic mass is 9.71. The molecule has 2 atom stereocenters. The maximum absolute atomic E-state index is 14.0. The van der Waals surface area contributed by atoms with Gasteiger partial charge in [-0.3, -0.25) is 9.59 Å². The van der Waals surface area contributed by atoms with Gasteiger partial charge < -0.3 is 30.0 Å². The van der Waals surface area contributed by atoms with Crippen molar-refractivity contribution in [3.05, 3.63) is 99.9 Å². The minimum absolute atomic E-state index is 0.00131. The molecule has 0 fully saturated rings. The number of benzene rings is 3. The van der Waals surface area contributed by atoms with Gasteiger partial charge in [0.15, 0.2) is 28.8 Å². The number of phenols is 1. The van der Waals surface area contributed by atoms with Crippen molar-refractivity contribution in [1.29, 1.82) is 0 Å². The van der Waals surface area contributed by atoms with E-state index in [0.717, 1.165) is 16.8 Å². The lowest BCUT2D eigenvalue weighted by molar-refractivity contribution is -0.116. The summed E-state index contributed by atoms with van der Waals surface area (Å²) >= 11 is 0. The van der Waals surface area contributed by atoms with E-state index < -0.39 is 5.92 Å². The molecule has 0 unspecified atom stereocenters. The van der Waals surface area contributed by atoms with Gasteiger partial charge in [-0.2, -0.15) is 0 Å². The predicted molar refractivity (Wildman–Crippen MR) is 161 cm³/mol. The van der Waals surface area contributed by atoms with Gasteiger partial charge >= 0.3 is 0 Å². The van der Waals surface area contributed by atoms with E-state index in [1.54, 1.807) is 32.4 Å². The minimum atomic E-state index is -0.648. The first-order chi connectivity index (χ1) is 20.2. The van der Waals surface area contributed by atoms with Gasteiger partial charge in [-0.05, 0) is 80.6 Å². The molecule has 8 nitrogen and oxygen atoms in total. The average molecular weight is 569 g/mol. The van der Waals surface area contributed by atoms with E-state index in [-0.39, 0.29) is 29.8 Å². The number of hydrogen-bond acceptors (Lipinski definition) is 7. The van der Waals surface area contributed by atoms with E-state index in [2.05, 4.69) is 10.6 Å². The van der Waals surface area contributed by atoms with Gasteiger partial charge in [-0.15, -0.1) is 0 Å². The van der Waals surface area contributed by atoms with E-state index in [4.69, 9.17) is 14.2 Å². The second-order valence-corrected chi connectivity index (χ2v) is 10.6. The summed E-state index contributed by atoms with van der Waals surface area (Å²) in [6.07, 6.45) is 0.850. The van der Waals surface area contributed by atoms with Gasteiger partial charge in [0, 0.05) is 40.6 Å². The smallest absolute Gasteiger partial charge is 0.254 e. The van der Waals surface area contributed by atoms with Crippen LogP contribution in [0.2, 0.25) is 0 Å². The van der Waals surface area contributed by atoms with Crippen molar-refractivity contribution in [1.82, 2.24) is 5.32 Å². The first kappa shape index (κ1) is 28.8. The van der Waals surface area contributed by atoms with Crippen LogP contribution in [0.25, 0.3) is 0 Å². The Morgan fingerprint density at radius 3 is 2.31 bits per heavy atom. The maximum atomic E-state index is 14.0. The van der Waals surface area contributed by atoms with Crippen molar-refractivity contribution in [2.45, 2.75) is 45.4 Å². The number of carbonyl (C=O) groups is 2. The Hall–Kier alpha value is -4.72. The molecule has 8 heteroatoms. The molecule has 0 bridgehead atoms. The van der Waals surface area contributed by atoms with Crippen molar-refractivity contribution < 1.29 is 28.9 Å². The van der Waals surface area contributed by atoms with Gasteiger partial charge in [0.05, 0.1) is 20.8 Å². The summed E-state index contributed by atoms with van der Waals surface area (Å²) in [5.74, 6) is 0.449. The van der Waals surface area contributed by atoms with Gasteiger partial charge in [0.2, 0.25) is 0 Å². The van der Waals surface area contributed by atoms with E-state index >= 15 is 0 Å². The standard InChI is InChI=1S/C34H36N2O6/c1-6-42-29-18-22(9-13-26(29)37)32-31(34(39)36-24-11-7-19(2)8-12-24)20(3)35-25-15-23(16-27(38)33(25)32)21-10-14-28(40-4)30(17-21)41-5/h7-14,17-18,23,32,35,37H,6,15-16H2,1-5H3,(H,36,39)/t23-,32+/m1/s1. The third-order valence-corrected chi connectivity index (χ3v) is 7.88. The highest BCUT2D eigenvalue weighted by molar-refractivity contribution is 6.10. The maximum Gasteiger partial charge on any atom is 0.254 e. The highest BCUT2D eigenvalue weighted by Gasteiger charge is 2.41. The molecule has 0 saturated carbocycles. The number of aryl methyl sites for hydroxylation is 1. The largest absolute Gasteiger partial charge is 0.504 e. The van der Waals surface area contributed by atoms with Gasteiger partial charge in [-0.1, -0.05) is 29.8 Å². The molecule has 2 aliphatic rings. The van der Waals surface area contributed by atoms with Crippen LogP contribution < -0.4 is 24.8 Å². The number of anilines is 1. The number of aromatic hydroxyl groups is 1. The van der Waals surface area contributed by atoms with Crippen LogP contribution in [-0.4, -0.2) is 37.6 Å². The number of dihydropyridines is 1. The number of carbonyl (C=O) groups excluding carboxylic acids is 2. The zero-order valence-corrected chi connectivity index (χ0v) is 24.5. The molecule has 5 rings (SSSR count). The molecule has 1 heterocycles. The molecular formula is C34H36N2O6. The van der Waals surface area contributed by atoms with Crippen LogP contribution >= 0.6 is 0 Å². The van der Waals surface area contributed by atoms with Gasteiger partial charge in [-0.25, -0.2) is 0 Å². The Kier molecular flexibility index (Phi) is 8.24. The molecule has 1 aliphatic carbocycles. The summed E-state index contributed by atoms with van der Waals surface area (Å²) in [5.41, 5.74) is 5.85. The molecule has 0 spiro atoms. The lowest BCUT2D eigenvalue weighted by Gasteiger charge is -2.37. The van der Waals surface area contributed by atoms with Crippen molar-refractivity contribution >= 4 is 17.4 Å². The average Bonchev–Trinajstić information content (AvgIpc) is 2.98. The second kappa shape index (κ2) is 12.0. The molecule has 0 saturated heterocycles. The van der Waals surface area contributed by atoms with Crippen molar-refractivity contribution in [3.63, 3.8) is 0 Å². The van der Waals surface area contributed by atoms with Gasteiger partial charge in [0.25, 0.3) is 5.91 Å². The highest BCUT2D eigenvalue weighted by Crippen LogP contribution is 2.47. The summed E-state index contributed by atoms with van der Waals surface area (Å²) < 4.78 is 16.6. The number of nitrogens with one attached hydrogen (secondary N) is 2. The van der Waals surface area contributed by atoms with Crippen LogP contribution in [-0.2, 0) is 9.59 Å². The normalized spacial score (nSPS) is 18.3. The third-order valence-electron chi connectivity index (χ3n) is 7.88. The molecule has 1 amide bonds. The fraction of sp³-hybridized carbons (Fsp3) is 0.294. The minimum Gasteiger partial charge on any atom is -0.504 e. The number of amides is 1. The molecule has 3 aromatic carbocycles. The first-order valence-electron chi connectivity index (χ1n) is 14.0. The predicted octanol–water partition coefficient (Wildman–Crippen LogP) is 6.12. The topological polar surface area (TPSA) is 106 Å². The number of ether oxygens (including phenoxy) is 3. The fourth-order valence-corrected chi connectivity index (χ4v) is 5.83. The van der Waals surface area contributed by atoms with Crippen molar-refractivity contribution in [2.75, 3.05) is 26.1 Å². The Morgan fingerprint density at radius 2 is 1.62 bits per heavy atom. The number of hydrogen-bond donors (Lipinski definition) is 3. The Morgan fingerprint density at radius 1 is 0.929 bits per heavy atom. The summed E-state index contributed by atoms with van der Waals surface area (Å²) in [5, 5.41) is 16.8. The van der Waals surface area contributed by atoms with Crippen molar-refractivity contribution in [3.8, 4) is 23.0 Å². The Labute approximate surface area is 246 Å². The Bertz CT molecular complexity index is 1590. The highest BCUT2D eigenvalue weighted by atomic mass is 16.5. The van der Waals surface area contributed by atoms with Crippen LogP contribution in [0.3, 0.4) is 0 Å². The summed E-state index contributed by atoms with van der Waals surface area (Å²) in [6.45, 7) is 6.03. The van der Waals surface area contributed by atoms with Crippen LogP contribution in [0.15, 0.2) is 83.2 Å². The van der Waals surface area contributed by atoms with Crippen LogP contribution in [0.4, 0.5) is 5.69 Å². The lowest BCUT2D eigenvalue weighted by Crippen LogP contribution is -2.37. The number of methoxy groups -OCH3 is 2. The second-order valence-electron chi connectivity index (χ2n) is 10.6. The molecule has 42 heavy (non-hydrogen) atoms. The molecule has 3 N–H and O–H groups in total. The molecule has 3 aromatic rings. The number of Topliss-reactive ketones (excluding diaryl/α,β-unsaturated/α-hetero) is 1. The zero-order valence-electron chi connectivity index (χ0n) is 24.5. The van der Waals surface area contributed by atoms with E-state index in [0.29, 0.717) is 58.4 Å². The van der Waals surface area contributed by atoms with Gasteiger partial charge in [0.1, 0.15) is 0 Å². The zero-order chi connectivity index (χ0) is 30.0.